The number of carbonyl (C=O) groups is 1. The minimum atomic E-state index is -7.22. The molecule has 0 saturated heterocycles. The fraction of sp³-hybridized carbons (Fsp3) is 0.0426. The van der Waals surface area contributed by atoms with E-state index < -0.39 is 154 Å². The molecule has 0 spiro atoms. The van der Waals surface area contributed by atoms with Crippen LogP contribution in [0.5, 0.6) is 5.75 Å². The van der Waals surface area contributed by atoms with E-state index >= 15 is 35.1 Å². The smallest absolute Gasteiger partial charge is 0.308 e. The quantitative estimate of drug-likeness (QED) is 0.0223. The Morgan fingerprint density at radius 1 is 0.417 bits per heavy atom. The lowest BCUT2D eigenvalue weighted by atomic mass is 9.12. The highest BCUT2D eigenvalue weighted by Gasteiger charge is 2.52. The summed E-state index contributed by atoms with van der Waals surface area (Å²) in [6.45, 7) is 1.36. The first-order chi connectivity index (χ1) is 33.8. The lowest BCUT2D eigenvalue weighted by Gasteiger charge is -2.44. The van der Waals surface area contributed by atoms with Crippen LogP contribution in [0, 0.1) is 128 Å². The minimum Gasteiger partial charge on any atom is -0.427 e. The molecule has 0 fully saturated rings. The molecule has 7 aromatic rings. The van der Waals surface area contributed by atoms with E-state index in [1.165, 1.54) is 6.92 Å². The fourth-order valence-corrected chi connectivity index (χ4v) is 9.31. The summed E-state index contributed by atoms with van der Waals surface area (Å²) in [5, 5.41) is 3.02. The molecule has 374 valence electrons. The van der Waals surface area contributed by atoms with Crippen LogP contribution >= 0.6 is 0 Å². The van der Waals surface area contributed by atoms with Crippen molar-refractivity contribution < 1.29 is 102 Å². The molecule has 0 aromatic heterocycles. The monoisotopic (exact) mass is 1050 g/mol. The Morgan fingerprint density at radius 3 is 0.986 bits per heavy atom. The molecule has 25 heteroatoms. The molecule has 0 aliphatic rings. The van der Waals surface area contributed by atoms with E-state index in [1.807, 2.05) is 72.8 Å². The van der Waals surface area contributed by atoms with Gasteiger partial charge in [0.15, 0.2) is 95.6 Å². The van der Waals surface area contributed by atoms with Gasteiger partial charge in [-0.1, -0.05) is 52.7 Å². The van der Waals surface area contributed by atoms with Gasteiger partial charge in [0.05, 0.1) is 0 Å². The predicted molar refractivity (Wildman–Crippen MR) is 217 cm³/mol. The third-order valence-electron chi connectivity index (χ3n) is 10.5. The molecule has 0 amide bonds. The van der Waals surface area contributed by atoms with Crippen LogP contribution in [0.15, 0.2) is 89.8 Å². The van der Waals surface area contributed by atoms with E-state index in [1.54, 1.807) is 12.1 Å². The van der Waals surface area contributed by atoms with E-state index in [2.05, 4.69) is 11.2 Å². The molecule has 3 nitrogen and oxygen atoms in total. The van der Waals surface area contributed by atoms with Crippen molar-refractivity contribution in [3.63, 3.8) is 0 Å². The van der Waals surface area contributed by atoms with Crippen molar-refractivity contribution in [1.82, 2.24) is 0 Å². The molecular formula is C47H19BF20O3S. The molecule has 1 unspecified atom stereocenters. The van der Waals surface area contributed by atoms with E-state index in [0.717, 1.165) is 11.1 Å². The van der Waals surface area contributed by atoms with Crippen molar-refractivity contribution >= 4 is 43.9 Å². The van der Waals surface area contributed by atoms with Crippen LogP contribution in [0.25, 0.3) is 0 Å². The second-order valence-corrected chi connectivity index (χ2v) is 17.1. The molecule has 0 heterocycles. The average molecular weight is 1050 g/mol. The Morgan fingerprint density at radius 2 is 0.694 bits per heavy atom. The molecule has 0 radical (unpaired) electrons. The van der Waals surface area contributed by atoms with Gasteiger partial charge in [0, 0.05) is 18.1 Å². The maximum atomic E-state index is 15.4. The van der Waals surface area contributed by atoms with Gasteiger partial charge in [0.25, 0.3) is 0 Å². The molecular weight excluding hydrogens is 1040 g/mol. The minimum absolute atomic E-state index is 0.289. The Labute approximate surface area is 391 Å². The van der Waals surface area contributed by atoms with Gasteiger partial charge in [0.1, 0.15) is 58.4 Å². The van der Waals surface area contributed by atoms with Crippen LogP contribution < -0.4 is 26.6 Å². The first-order valence-corrected chi connectivity index (χ1v) is 21.1. The summed E-state index contributed by atoms with van der Waals surface area (Å²) >= 11 is 0. The van der Waals surface area contributed by atoms with Gasteiger partial charge in [-0.05, 0) is 42.3 Å². The molecule has 0 bridgehead atoms. The maximum Gasteiger partial charge on any atom is 0.308 e. The van der Waals surface area contributed by atoms with Crippen molar-refractivity contribution in [1.29, 1.82) is 0 Å². The Kier molecular flexibility index (Phi) is 15.4. The van der Waals surface area contributed by atoms with Crippen LogP contribution in [0.1, 0.15) is 18.1 Å². The first kappa shape index (κ1) is 53.7. The van der Waals surface area contributed by atoms with E-state index in [-0.39, 0.29) is 11.7 Å². The summed E-state index contributed by atoms with van der Waals surface area (Å²) in [7, 11) is -2.62. The predicted octanol–water partition coefficient (Wildman–Crippen LogP) is 10.5. The summed E-state index contributed by atoms with van der Waals surface area (Å²) in [5.41, 5.74) is -12.6. The Bertz CT molecular complexity index is 3040. The molecule has 1 atom stereocenters. The molecule has 0 aliphatic carbocycles. The zero-order valence-corrected chi connectivity index (χ0v) is 35.9. The first-order valence-electron chi connectivity index (χ1n) is 19.4. The largest absolute Gasteiger partial charge is 0.427 e. The van der Waals surface area contributed by atoms with Crippen LogP contribution in [0.4, 0.5) is 87.8 Å². The van der Waals surface area contributed by atoms with Crippen LogP contribution in [-0.2, 0) is 24.7 Å². The lowest BCUT2D eigenvalue weighted by molar-refractivity contribution is -0.131. The summed E-state index contributed by atoms with van der Waals surface area (Å²) < 4.78 is 313. The highest BCUT2D eigenvalue weighted by Crippen LogP contribution is 2.31. The summed E-state index contributed by atoms with van der Waals surface area (Å²) in [5.74, 6) is -68.0. The number of carbonyl (C=O) groups excluding carboxylic acids is 1. The van der Waals surface area contributed by atoms with Crippen molar-refractivity contribution in [2.75, 3.05) is 0 Å². The fourth-order valence-electron chi connectivity index (χ4n) is 7.41. The van der Waals surface area contributed by atoms with Crippen LogP contribution in [0.3, 0.4) is 0 Å². The van der Waals surface area contributed by atoms with Crippen LogP contribution in [-0.4, -0.2) is 12.1 Å². The highest BCUT2D eigenvalue weighted by atomic mass is 32.2. The standard InChI is InChI=1S/C24BF20.C23H19O3S/c26-5-1(6(27)14(35)21(42)13(5)34)25(2-7(28)15(36)22(43)16(37)8(2)29,3-9(30)17(38)23(44)18(39)10(3)31)4-11(32)19(40)24(45)20(41)12(4)33;1-19(24)26-22-14-12-21(13-15-22)18-27(25,23-10-6-3-7-11-23)17-16-20-8-4-2-5-9-20/h;2-15H,18H2,1H3/q-1;+1. The second-order valence-electron chi connectivity index (χ2n) is 14.8. The van der Waals surface area contributed by atoms with Gasteiger partial charge < -0.3 is 4.74 Å². The summed E-state index contributed by atoms with van der Waals surface area (Å²) in [4.78, 5) is 11.8. The maximum absolute atomic E-state index is 15.4. The normalized spacial score (nSPS) is 12.1. The van der Waals surface area contributed by atoms with E-state index in [4.69, 9.17) is 4.74 Å². The number of rotatable bonds is 8. The number of halogens is 20. The summed E-state index contributed by atoms with van der Waals surface area (Å²) in [6, 6.07) is 25.8. The summed E-state index contributed by atoms with van der Waals surface area (Å²) in [6.07, 6.45) is -7.22. The van der Waals surface area contributed by atoms with Crippen molar-refractivity contribution in [2.24, 2.45) is 0 Å². The van der Waals surface area contributed by atoms with Crippen LogP contribution in [0.2, 0.25) is 0 Å². The average Bonchev–Trinajstić information content (AvgIpc) is 3.36. The molecule has 0 N–H and O–H groups in total. The van der Waals surface area contributed by atoms with Crippen molar-refractivity contribution in [3.05, 3.63) is 212 Å². The number of esters is 1. The molecule has 0 saturated carbocycles. The van der Waals surface area contributed by atoms with E-state index in [9.17, 15) is 61.7 Å². The number of benzene rings is 7. The molecule has 7 rings (SSSR count). The van der Waals surface area contributed by atoms with Gasteiger partial charge in [0.2, 0.25) is 0 Å². The van der Waals surface area contributed by atoms with Crippen molar-refractivity contribution in [2.45, 2.75) is 17.6 Å². The third-order valence-corrected chi connectivity index (χ3v) is 12.7. The Balaban J connectivity index is 0.000000266. The topological polar surface area (TPSA) is 43.4 Å². The molecule has 0 aliphatic heterocycles. The molecule has 72 heavy (non-hydrogen) atoms. The van der Waals surface area contributed by atoms with E-state index in [0.29, 0.717) is 10.6 Å². The molecule has 7 aromatic carbocycles. The number of ether oxygens (including phenoxy) is 1. The third kappa shape index (κ3) is 9.25. The van der Waals surface area contributed by atoms with Gasteiger partial charge >= 0.3 is 5.97 Å². The number of hydrogen-bond acceptors (Lipinski definition) is 3. The van der Waals surface area contributed by atoms with Gasteiger partial charge in [-0.3, -0.25) is 4.79 Å². The Hall–Kier alpha value is -7.62. The number of hydrogen-bond donors (Lipinski definition) is 0. The zero-order chi connectivity index (χ0) is 53.5. The van der Waals surface area contributed by atoms with Gasteiger partial charge in [-0.25, -0.2) is 87.8 Å². The lowest BCUT2D eigenvalue weighted by Crippen LogP contribution is -2.81. The second kappa shape index (κ2) is 20.6. The van der Waals surface area contributed by atoms with Gasteiger partial charge in [-0.15, -0.1) is 21.9 Å². The van der Waals surface area contributed by atoms with Crippen molar-refractivity contribution in [3.8, 4) is 16.9 Å². The highest BCUT2D eigenvalue weighted by molar-refractivity contribution is 8.06. The van der Waals surface area contributed by atoms with Gasteiger partial charge in [-0.2, -0.15) is 0 Å². The SMILES string of the molecule is CC(=O)Oc1ccc(C[S+](=O)(C#Cc2ccccc2)c2ccccc2)cc1.Fc1c(F)c(F)c([B-](c2c(F)c(F)c(F)c(F)c2F)(c2c(F)c(F)c(F)c(F)c2F)c2c(F)c(F)c(F)c(F)c2F)c(F)c1F. The zero-order valence-electron chi connectivity index (χ0n) is 35.1.